The maximum absolute atomic E-state index is 14.2. The van der Waals surface area contributed by atoms with Crippen LogP contribution in [0.15, 0.2) is 42.5 Å². The second-order valence-corrected chi connectivity index (χ2v) is 7.91. The van der Waals surface area contributed by atoms with Crippen molar-refractivity contribution in [3.05, 3.63) is 65.2 Å². The molecule has 1 saturated carbocycles. The van der Waals surface area contributed by atoms with Gasteiger partial charge in [0.25, 0.3) is 0 Å². The van der Waals surface area contributed by atoms with Crippen molar-refractivity contribution >= 4 is 6.08 Å². The molecular formula is C25H28F4O2. The number of rotatable bonds is 8. The van der Waals surface area contributed by atoms with Crippen molar-refractivity contribution in [2.45, 2.75) is 58.0 Å². The smallest absolute Gasteiger partial charge is 0.419 e. The molecule has 168 valence electrons. The minimum absolute atomic E-state index is 0.0130. The van der Waals surface area contributed by atoms with Gasteiger partial charge in [-0.25, -0.2) is 4.39 Å². The molecule has 0 aromatic heterocycles. The second-order valence-electron chi connectivity index (χ2n) is 7.91. The number of halogens is 4. The molecule has 0 radical (unpaired) electrons. The van der Waals surface area contributed by atoms with Gasteiger partial charge in [0.2, 0.25) is 5.82 Å². The molecule has 0 N–H and O–H groups in total. The zero-order valence-corrected chi connectivity index (χ0v) is 17.8. The molecular weight excluding hydrogens is 408 g/mol. The minimum Gasteiger partial charge on any atom is -0.491 e. The summed E-state index contributed by atoms with van der Waals surface area (Å²) in [6, 6.07) is 9.09. The number of hydrogen-bond donors (Lipinski definition) is 0. The Hall–Kier alpha value is -2.50. The molecule has 6 heteroatoms. The summed E-state index contributed by atoms with van der Waals surface area (Å²) in [4.78, 5) is 0. The van der Waals surface area contributed by atoms with Crippen molar-refractivity contribution in [3.63, 3.8) is 0 Å². The molecule has 0 saturated heterocycles. The number of ether oxygens (including phenoxy) is 2. The van der Waals surface area contributed by atoms with Gasteiger partial charge in [-0.1, -0.05) is 25.5 Å². The van der Waals surface area contributed by atoms with Gasteiger partial charge in [-0.15, -0.1) is 0 Å². The molecule has 0 aliphatic heterocycles. The summed E-state index contributed by atoms with van der Waals surface area (Å²) in [5, 5.41) is 0. The van der Waals surface area contributed by atoms with Gasteiger partial charge in [0.15, 0.2) is 11.6 Å². The van der Waals surface area contributed by atoms with E-state index in [0.717, 1.165) is 30.4 Å². The maximum Gasteiger partial charge on any atom is 0.419 e. The second kappa shape index (κ2) is 10.2. The normalized spacial score (nSPS) is 19.5. The average Bonchev–Trinajstić information content (AvgIpc) is 2.77. The summed E-state index contributed by atoms with van der Waals surface area (Å²) in [7, 11) is 0. The fourth-order valence-electron chi connectivity index (χ4n) is 4.03. The summed E-state index contributed by atoms with van der Waals surface area (Å²) in [6.45, 7) is 4.01. The largest absolute Gasteiger partial charge is 0.491 e. The first-order valence-corrected chi connectivity index (χ1v) is 10.8. The van der Waals surface area contributed by atoms with E-state index in [1.807, 2.05) is 12.1 Å². The third-order valence-corrected chi connectivity index (χ3v) is 5.86. The molecule has 0 heterocycles. The molecule has 1 fully saturated rings. The van der Waals surface area contributed by atoms with Crippen LogP contribution in [0, 0.1) is 17.6 Å². The highest BCUT2D eigenvalue weighted by Gasteiger charge is 2.28. The van der Waals surface area contributed by atoms with Gasteiger partial charge in [-0.2, -0.15) is 13.2 Å². The summed E-state index contributed by atoms with van der Waals surface area (Å²) < 4.78 is 66.1. The van der Waals surface area contributed by atoms with E-state index in [1.54, 1.807) is 6.92 Å². The molecule has 0 amide bonds. The van der Waals surface area contributed by atoms with Crippen LogP contribution >= 0.6 is 0 Å². The van der Waals surface area contributed by atoms with E-state index in [9.17, 15) is 17.6 Å². The molecule has 2 nitrogen and oxygen atoms in total. The average molecular weight is 436 g/mol. The number of hydrogen-bond acceptors (Lipinski definition) is 2. The standard InChI is InChI=1S/C25H28F4O2/c1-3-17-5-7-18(8-6-17)19-9-12-21(13-10-19)31-25(28,29)16-15-20-11-14-22(30-4-2)24(27)23(20)26/h9-18H,3-8H2,1-2H3/b16-15+. The molecule has 0 atom stereocenters. The zero-order valence-electron chi connectivity index (χ0n) is 17.8. The van der Waals surface area contributed by atoms with Crippen molar-refractivity contribution in [2.24, 2.45) is 5.92 Å². The lowest BCUT2D eigenvalue weighted by Gasteiger charge is -2.28. The molecule has 0 unspecified atom stereocenters. The zero-order chi connectivity index (χ0) is 22.4. The Labute approximate surface area is 180 Å². The molecule has 1 aliphatic carbocycles. The van der Waals surface area contributed by atoms with Gasteiger partial charge in [-0.05, 0) is 80.3 Å². The fourth-order valence-corrected chi connectivity index (χ4v) is 4.03. The van der Waals surface area contributed by atoms with E-state index < -0.39 is 17.7 Å². The minimum atomic E-state index is -3.68. The summed E-state index contributed by atoms with van der Waals surface area (Å²) in [5.74, 6) is -1.47. The third-order valence-electron chi connectivity index (χ3n) is 5.86. The lowest BCUT2D eigenvalue weighted by molar-refractivity contribution is -0.130. The van der Waals surface area contributed by atoms with Crippen LogP contribution in [0.3, 0.4) is 0 Å². The SMILES string of the molecule is CCOc1ccc(/C=C/C(F)(F)Oc2ccc(C3CCC(CC)CC3)cc2)c(F)c1F. The Morgan fingerprint density at radius 2 is 1.61 bits per heavy atom. The monoisotopic (exact) mass is 436 g/mol. The highest BCUT2D eigenvalue weighted by atomic mass is 19.3. The predicted octanol–water partition coefficient (Wildman–Crippen LogP) is 7.73. The molecule has 31 heavy (non-hydrogen) atoms. The van der Waals surface area contributed by atoms with E-state index >= 15 is 0 Å². The van der Waals surface area contributed by atoms with Gasteiger partial charge >= 0.3 is 6.11 Å². The Balaban J connectivity index is 1.63. The van der Waals surface area contributed by atoms with Gasteiger partial charge in [0, 0.05) is 11.6 Å². The lowest BCUT2D eigenvalue weighted by Crippen LogP contribution is -2.21. The van der Waals surface area contributed by atoms with Crippen LogP contribution in [0.2, 0.25) is 0 Å². The van der Waals surface area contributed by atoms with Crippen LogP contribution in [0.1, 0.15) is 63.0 Å². The van der Waals surface area contributed by atoms with Gasteiger partial charge < -0.3 is 9.47 Å². The highest BCUT2D eigenvalue weighted by molar-refractivity contribution is 5.53. The Bertz CT molecular complexity index is 885. The molecule has 0 spiro atoms. The van der Waals surface area contributed by atoms with Crippen molar-refractivity contribution in [2.75, 3.05) is 6.61 Å². The first kappa shape index (κ1) is 23.2. The Kier molecular flexibility index (Phi) is 7.63. The molecule has 3 rings (SSSR count). The van der Waals surface area contributed by atoms with Crippen molar-refractivity contribution in [1.82, 2.24) is 0 Å². The van der Waals surface area contributed by atoms with Crippen LogP contribution in [-0.2, 0) is 0 Å². The molecule has 0 bridgehead atoms. The predicted molar refractivity (Wildman–Crippen MR) is 114 cm³/mol. The van der Waals surface area contributed by atoms with Crippen LogP contribution in [0.4, 0.5) is 17.6 Å². The first-order valence-electron chi connectivity index (χ1n) is 10.8. The molecule has 2 aromatic rings. The summed E-state index contributed by atoms with van der Waals surface area (Å²) >= 11 is 0. The number of benzene rings is 2. The topological polar surface area (TPSA) is 18.5 Å². The van der Waals surface area contributed by atoms with Gasteiger partial charge in [0.05, 0.1) is 6.61 Å². The van der Waals surface area contributed by atoms with Crippen molar-refractivity contribution in [3.8, 4) is 11.5 Å². The van der Waals surface area contributed by atoms with Gasteiger partial charge in [-0.3, -0.25) is 0 Å². The van der Waals surface area contributed by atoms with Crippen LogP contribution in [0.25, 0.3) is 6.08 Å². The summed E-state index contributed by atoms with van der Waals surface area (Å²) in [6.07, 6.45) is 3.36. The maximum atomic E-state index is 14.2. The van der Waals surface area contributed by atoms with E-state index in [-0.39, 0.29) is 23.7 Å². The first-order chi connectivity index (χ1) is 14.8. The van der Waals surface area contributed by atoms with Crippen LogP contribution in [-0.4, -0.2) is 12.7 Å². The molecule has 1 aliphatic rings. The van der Waals surface area contributed by atoms with Crippen LogP contribution < -0.4 is 9.47 Å². The summed E-state index contributed by atoms with van der Waals surface area (Å²) in [5.41, 5.74) is 0.815. The van der Waals surface area contributed by atoms with Crippen molar-refractivity contribution < 1.29 is 27.0 Å². The van der Waals surface area contributed by atoms with E-state index in [4.69, 9.17) is 9.47 Å². The van der Waals surface area contributed by atoms with E-state index in [2.05, 4.69) is 6.92 Å². The van der Waals surface area contributed by atoms with E-state index in [0.29, 0.717) is 12.0 Å². The Morgan fingerprint density at radius 3 is 2.23 bits per heavy atom. The van der Waals surface area contributed by atoms with E-state index in [1.165, 1.54) is 43.5 Å². The Morgan fingerprint density at radius 1 is 0.935 bits per heavy atom. The van der Waals surface area contributed by atoms with Gasteiger partial charge in [0.1, 0.15) is 5.75 Å². The van der Waals surface area contributed by atoms with Crippen molar-refractivity contribution in [1.29, 1.82) is 0 Å². The quantitative estimate of drug-likeness (QED) is 0.394. The van der Waals surface area contributed by atoms with Crippen LogP contribution in [0.5, 0.6) is 11.5 Å². The lowest BCUT2D eigenvalue weighted by atomic mass is 9.78. The highest BCUT2D eigenvalue weighted by Crippen LogP contribution is 2.37. The number of alkyl halides is 2. The molecule has 2 aromatic carbocycles. The fraction of sp³-hybridized carbons (Fsp3) is 0.440. The third kappa shape index (κ3) is 6.02.